The Morgan fingerprint density at radius 2 is 1.67 bits per heavy atom. The van der Waals surface area contributed by atoms with Gasteiger partial charge >= 0.3 is 17.9 Å². The number of fused-ring (bicyclic) bond motifs is 5. The van der Waals surface area contributed by atoms with Crippen molar-refractivity contribution in [2.24, 2.45) is 16.7 Å². The summed E-state index contributed by atoms with van der Waals surface area (Å²) in [6, 6.07) is 8.16. The third-order valence-corrected chi connectivity index (χ3v) is 10.4. The number of carbonyl (C=O) groups excluding carboxylic acids is 4. The largest absolute Gasteiger partial charge is 0.458 e. The SMILES string of the molecule is CO[C@H]1C(=O)[C@@]2(C)C(C(OC(=O)c3ccccc3)[C@]3(O)C[C@H](OC(C)=O)C(C)=C1C3(C)C)[C@]1(OC(C)=O)CO[C@@H]1C[C@@H]2O. The average Bonchev–Trinajstić information content (AvgIpc) is 2.93. The standard InChI is InChI=1S/C32H40O11/c1-16-20(41-17(2)33)14-32(38)27(42-28(37)19-11-9-8-10-12-19)25-30(6,26(36)24(39-7)23(16)29(32,4)5)21(35)13-22-31(25,15-40-22)43-18(3)34/h8-12,20-22,24-25,27,35,38H,13-15H2,1-7H3/t20-,21-,22+,24+,25?,27?,30+,31-,32+/m0/s1. The minimum atomic E-state index is -2.03. The first-order chi connectivity index (χ1) is 20.1. The Balaban J connectivity index is 1.84. The molecule has 0 radical (unpaired) electrons. The van der Waals surface area contributed by atoms with Gasteiger partial charge in [-0.1, -0.05) is 32.0 Å². The molecule has 9 atom stereocenters. The maximum atomic E-state index is 14.8. The van der Waals surface area contributed by atoms with E-state index in [1.807, 2.05) is 0 Å². The first-order valence-electron chi connectivity index (χ1n) is 14.5. The molecule has 0 amide bonds. The van der Waals surface area contributed by atoms with Crippen molar-refractivity contribution >= 4 is 23.7 Å². The fourth-order valence-corrected chi connectivity index (χ4v) is 8.16. The number of hydrogen-bond acceptors (Lipinski definition) is 11. The van der Waals surface area contributed by atoms with E-state index < -0.39 is 82.2 Å². The van der Waals surface area contributed by atoms with Gasteiger partial charge in [0.1, 0.15) is 30.0 Å². The first kappa shape index (κ1) is 31.3. The van der Waals surface area contributed by atoms with Gasteiger partial charge in [0.2, 0.25) is 0 Å². The molecule has 1 aromatic carbocycles. The van der Waals surface area contributed by atoms with E-state index >= 15 is 0 Å². The summed E-state index contributed by atoms with van der Waals surface area (Å²) in [7, 11) is 1.35. The zero-order valence-corrected chi connectivity index (χ0v) is 25.5. The van der Waals surface area contributed by atoms with Gasteiger partial charge < -0.3 is 33.9 Å². The molecule has 1 heterocycles. The molecule has 3 fully saturated rings. The monoisotopic (exact) mass is 600 g/mol. The van der Waals surface area contributed by atoms with Gasteiger partial charge in [0, 0.05) is 39.2 Å². The molecule has 5 rings (SSSR count). The molecular weight excluding hydrogens is 560 g/mol. The fraction of sp³-hybridized carbons (Fsp3) is 0.625. The molecule has 2 saturated carbocycles. The van der Waals surface area contributed by atoms with E-state index in [0.29, 0.717) is 11.1 Å². The highest BCUT2D eigenvalue weighted by Crippen LogP contribution is 2.64. The number of aliphatic hydroxyl groups is 2. The highest BCUT2D eigenvalue weighted by atomic mass is 16.6. The Kier molecular flexibility index (Phi) is 7.65. The molecule has 2 bridgehead atoms. The molecule has 11 heteroatoms. The van der Waals surface area contributed by atoms with E-state index in [-0.39, 0.29) is 25.0 Å². The molecule has 1 aromatic rings. The lowest BCUT2D eigenvalue weighted by molar-refractivity contribution is -0.346. The van der Waals surface area contributed by atoms with Crippen molar-refractivity contribution in [3.63, 3.8) is 0 Å². The minimum Gasteiger partial charge on any atom is -0.458 e. The summed E-state index contributed by atoms with van der Waals surface area (Å²) in [5.41, 5.74) is -5.56. The number of esters is 3. The van der Waals surface area contributed by atoms with E-state index in [4.69, 9.17) is 23.7 Å². The van der Waals surface area contributed by atoms with Crippen LogP contribution in [0.4, 0.5) is 0 Å². The van der Waals surface area contributed by atoms with E-state index in [0.717, 1.165) is 0 Å². The number of benzene rings is 1. The predicted molar refractivity (Wildman–Crippen MR) is 150 cm³/mol. The molecule has 43 heavy (non-hydrogen) atoms. The van der Waals surface area contributed by atoms with Crippen molar-refractivity contribution in [2.75, 3.05) is 13.7 Å². The molecule has 234 valence electrons. The lowest BCUT2D eigenvalue weighted by Crippen LogP contribution is -2.81. The molecule has 3 aliphatic carbocycles. The highest BCUT2D eigenvalue weighted by molar-refractivity contribution is 5.94. The van der Waals surface area contributed by atoms with Crippen LogP contribution in [0.25, 0.3) is 0 Å². The van der Waals surface area contributed by atoms with Crippen molar-refractivity contribution < 1.29 is 53.1 Å². The van der Waals surface area contributed by atoms with Gasteiger partial charge in [0.15, 0.2) is 11.4 Å². The molecule has 2 unspecified atom stereocenters. The number of ether oxygens (including phenoxy) is 5. The normalized spacial score (nSPS) is 39.7. The van der Waals surface area contributed by atoms with Crippen LogP contribution in [0.5, 0.6) is 0 Å². The Labute approximate surface area is 250 Å². The van der Waals surface area contributed by atoms with Crippen LogP contribution in [0.3, 0.4) is 0 Å². The minimum absolute atomic E-state index is 0.0439. The molecule has 0 spiro atoms. The molecule has 2 N–H and O–H groups in total. The van der Waals surface area contributed by atoms with Crippen molar-refractivity contribution in [3.8, 4) is 0 Å². The van der Waals surface area contributed by atoms with E-state index in [9.17, 15) is 29.4 Å². The Morgan fingerprint density at radius 1 is 1.02 bits per heavy atom. The van der Waals surface area contributed by atoms with Crippen molar-refractivity contribution in [3.05, 3.63) is 47.0 Å². The van der Waals surface area contributed by atoms with E-state index in [1.165, 1.54) is 27.9 Å². The van der Waals surface area contributed by atoms with Crippen LogP contribution in [-0.4, -0.2) is 89.3 Å². The number of aliphatic hydroxyl groups excluding tert-OH is 1. The second kappa shape index (κ2) is 10.5. The fourth-order valence-electron chi connectivity index (χ4n) is 8.16. The number of ketones is 1. The maximum absolute atomic E-state index is 14.8. The van der Waals surface area contributed by atoms with Gasteiger partial charge in [0.25, 0.3) is 0 Å². The van der Waals surface area contributed by atoms with Crippen LogP contribution in [0.1, 0.15) is 64.7 Å². The summed E-state index contributed by atoms with van der Waals surface area (Å²) >= 11 is 0. The van der Waals surface area contributed by atoms with Gasteiger partial charge in [0.05, 0.1) is 29.6 Å². The van der Waals surface area contributed by atoms with E-state index in [1.54, 1.807) is 51.1 Å². The van der Waals surface area contributed by atoms with Gasteiger partial charge in [-0.25, -0.2) is 4.79 Å². The lowest BCUT2D eigenvalue weighted by Gasteiger charge is -2.67. The second-order valence-electron chi connectivity index (χ2n) is 13.0. The summed E-state index contributed by atoms with van der Waals surface area (Å²) in [5.74, 6) is -3.89. The third kappa shape index (κ3) is 4.38. The Hall–Kier alpha value is -3.12. The van der Waals surface area contributed by atoms with Crippen molar-refractivity contribution in [1.82, 2.24) is 0 Å². The van der Waals surface area contributed by atoms with Crippen LogP contribution in [0.15, 0.2) is 41.5 Å². The van der Waals surface area contributed by atoms with Crippen LogP contribution in [0.2, 0.25) is 0 Å². The van der Waals surface area contributed by atoms with Gasteiger partial charge in [-0.15, -0.1) is 0 Å². The zero-order valence-electron chi connectivity index (χ0n) is 25.5. The highest BCUT2D eigenvalue weighted by Gasteiger charge is 2.78. The summed E-state index contributed by atoms with van der Waals surface area (Å²) < 4.78 is 29.6. The molecule has 1 aliphatic heterocycles. The Bertz CT molecular complexity index is 1370. The summed E-state index contributed by atoms with van der Waals surface area (Å²) in [6.07, 6.45) is -6.26. The number of carbonyl (C=O) groups is 4. The molecule has 4 aliphatic rings. The molecule has 1 saturated heterocycles. The van der Waals surface area contributed by atoms with Crippen molar-refractivity contribution in [1.29, 1.82) is 0 Å². The van der Waals surface area contributed by atoms with Crippen LogP contribution in [-0.2, 0) is 38.1 Å². The van der Waals surface area contributed by atoms with Gasteiger partial charge in [-0.3, -0.25) is 14.4 Å². The van der Waals surface area contributed by atoms with Gasteiger partial charge in [-0.2, -0.15) is 0 Å². The quantitative estimate of drug-likeness (QED) is 0.291. The number of methoxy groups -OCH3 is 1. The number of Topliss-reactive ketones (excluding diaryl/α,β-unsaturated/α-hetero) is 1. The maximum Gasteiger partial charge on any atom is 0.338 e. The van der Waals surface area contributed by atoms with Crippen LogP contribution in [0, 0.1) is 16.7 Å². The molecule has 0 aromatic heterocycles. The second-order valence-corrected chi connectivity index (χ2v) is 13.0. The topological polar surface area (TPSA) is 155 Å². The van der Waals surface area contributed by atoms with Crippen LogP contribution >= 0.6 is 0 Å². The summed E-state index contributed by atoms with van der Waals surface area (Å²) in [4.78, 5) is 53.5. The number of hydrogen-bond donors (Lipinski definition) is 2. The first-order valence-corrected chi connectivity index (χ1v) is 14.5. The van der Waals surface area contributed by atoms with Crippen molar-refractivity contribution in [2.45, 2.75) is 96.1 Å². The molecular formula is C32H40O11. The average molecular weight is 601 g/mol. The summed E-state index contributed by atoms with van der Waals surface area (Å²) in [5, 5.41) is 24.8. The lowest BCUT2D eigenvalue weighted by atomic mass is 9.44. The molecule has 11 nitrogen and oxygen atoms in total. The van der Waals surface area contributed by atoms with Gasteiger partial charge in [-0.05, 0) is 37.1 Å². The third-order valence-electron chi connectivity index (χ3n) is 10.4. The van der Waals surface area contributed by atoms with E-state index in [2.05, 4.69) is 0 Å². The van der Waals surface area contributed by atoms with Crippen LogP contribution < -0.4 is 0 Å². The smallest absolute Gasteiger partial charge is 0.338 e. The zero-order chi connectivity index (χ0) is 31.7. The number of rotatable bonds is 5. The summed E-state index contributed by atoms with van der Waals surface area (Å²) in [6.45, 7) is 8.99. The Morgan fingerprint density at radius 3 is 2.21 bits per heavy atom. The predicted octanol–water partition coefficient (Wildman–Crippen LogP) is 2.31.